The molecule has 94 valence electrons. The van der Waals surface area contributed by atoms with E-state index in [0.29, 0.717) is 5.54 Å². The molecule has 0 aliphatic rings. The van der Waals surface area contributed by atoms with E-state index in [2.05, 4.69) is 40.9 Å². The lowest BCUT2D eigenvalue weighted by molar-refractivity contribution is 0.272. The fourth-order valence-corrected chi connectivity index (χ4v) is 4.31. The zero-order valence-corrected chi connectivity index (χ0v) is 12.5. The monoisotopic (exact) mass is 240 g/mol. The van der Waals surface area contributed by atoms with Gasteiger partial charge in [-0.1, -0.05) is 51.9 Å². The van der Waals surface area contributed by atoms with E-state index >= 15 is 0 Å². The molecule has 0 saturated carbocycles. The average molecular weight is 240 g/mol. The molecular weight excluding hydrogens is 212 g/mol. The molecule has 16 heavy (non-hydrogen) atoms. The first-order chi connectivity index (χ1) is 7.56. The SMILES string of the molecule is C=C[Si](C=C)(OCCC(C)CC)C(C)CC. The summed E-state index contributed by atoms with van der Waals surface area (Å²) in [6.07, 6.45) is 3.50. The van der Waals surface area contributed by atoms with Crippen LogP contribution in [0.4, 0.5) is 0 Å². The van der Waals surface area contributed by atoms with Crippen LogP contribution in [0, 0.1) is 5.92 Å². The van der Waals surface area contributed by atoms with Crippen molar-refractivity contribution in [1.82, 2.24) is 0 Å². The quantitative estimate of drug-likeness (QED) is 0.534. The fraction of sp³-hybridized carbons (Fsp3) is 0.714. The third-order valence-corrected chi connectivity index (χ3v) is 7.61. The second-order valence-corrected chi connectivity index (χ2v) is 8.52. The Kier molecular flexibility index (Phi) is 7.69. The van der Waals surface area contributed by atoms with Crippen molar-refractivity contribution in [3.05, 3.63) is 24.6 Å². The van der Waals surface area contributed by atoms with Crippen LogP contribution in [0.1, 0.15) is 47.0 Å². The Labute approximate surface area is 103 Å². The minimum Gasteiger partial charge on any atom is -0.409 e. The van der Waals surface area contributed by atoms with Crippen LogP contribution in [0.5, 0.6) is 0 Å². The van der Waals surface area contributed by atoms with Gasteiger partial charge < -0.3 is 4.43 Å². The lowest BCUT2D eigenvalue weighted by Crippen LogP contribution is -2.39. The van der Waals surface area contributed by atoms with Crippen LogP contribution in [0.2, 0.25) is 5.54 Å². The molecular formula is C14H28OSi. The minimum absolute atomic E-state index is 0.569. The number of hydrogen-bond donors (Lipinski definition) is 0. The first kappa shape index (κ1) is 15.7. The first-order valence-electron chi connectivity index (χ1n) is 6.47. The van der Waals surface area contributed by atoms with Gasteiger partial charge in [-0.3, -0.25) is 0 Å². The standard InChI is InChI=1S/C14H28OSi/c1-7-13(5)11-12-15-16(9-3,10-4)14(6)8-2/h9-10,13-14H,3-4,7-8,11-12H2,1-2,5-6H3. The van der Waals surface area contributed by atoms with E-state index in [1.807, 2.05) is 11.4 Å². The van der Waals surface area contributed by atoms with Crippen molar-refractivity contribution in [3.8, 4) is 0 Å². The summed E-state index contributed by atoms with van der Waals surface area (Å²) in [5, 5.41) is 0. The summed E-state index contributed by atoms with van der Waals surface area (Å²) in [6.45, 7) is 17.7. The van der Waals surface area contributed by atoms with Gasteiger partial charge in [0.25, 0.3) is 0 Å². The molecule has 2 heteroatoms. The molecule has 0 aliphatic carbocycles. The van der Waals surface area contributed by atoms with E-state index < -0.39 is 8.32 Å². The van der Waals surface area contributed by atoms with Crippen molar-refractivity contribution < 1.29 is 4.43 Å². The molecule has 1 nitrogen and oxygen atoms in total. The maximum Gasteiger partial charge on any atom is 0.243 e. The van der Waals surface area contributed by atoms with Crippen LogP contribution in [-0.2, 0) is 4.43 Å². The summed E-state index contributed by atoms with van der Waals surface area (Å²) in [4.78, 5) is 0. The highest BCUT2D eigenvalue weighted by molar-refractivity contribution is 6.84. The second-order valence-electron chi connectivity index (χ2n) is 4.72. The molecule has 0 amide bonds. The minimum atomic E-state index is -1.90. The summed E-state index contributed by atoms with van der Waals surface area (Å²) in [6, 6.07) is 0. The van der Waals surface area contributed by atoms with Gasteiger partial charge in [0.05, 0.1) is 0 Å². The zero-order chi connectivity index (χ0) is 12.6. The van der Waals surface area contributed by atoms with E-state index in [-0.39, 0.29) is 0 Å². The normalized spacial score (nSPS) is 15.5. The summed E-state index contributed by atoms with van der Waals surface area (Å²) in [5.74, 6) is 0.748. The summed E-state index contributed by atoms with van der Waals surface area (Å²) in [7, 11) is -1.90. The molecule has 0 N–H and O–H groups in total. The molecule has 0 aromatic heterocycles. The molecule has 0 saturated heterocycles. The van der Waals surface area contributed by atoms with E-state index in [0.717, 1.165) is 25.4 Å². The van der Waals surface area contributed by atoms with Gasteiger partial charge in [-0.25, -0.2) is 0 Å². The lowest BCUT2D eigenvalue weighted by Gasteiger charge is -2.30. The van der Waals surface area contributed by atoms with Crippen molar-refractivity contribution in [2.75, 3.05) is 6.61 Å². The molecule has 0 aromatic carbocycles. The highest BCUT2D eigenvalue weighted by Crippen LogP contribution is 2.28. The van der Waals surface area contributed by atoms with Crippen molar-refractivity contribution in [3.63, 3.8) is 0 Å². The van der Waals surface area contributed by atoms with Crippen LogP contribution in [0.25, 0.3) is 0 Å². The lowest BCUT2D eigenvalue weighted by atomic mass is 10.1. The average Bonchev–Trinajstić information content (AvgIpc) is 2.33. The molecule has 0 bridgehead atoms. The van der Waals surface area contributed by atoms with E-state index in [1.54, 1.807) is 0 Å². The molecule has 0 radical (unpaired) electrons. The summed E-state index contributed by atoms with van der Waals surface area (Å²) >= 11 is 0. The molecule has 0 aliphatic heterocycles. The van der Waals surface area contributed by atoms with Crippen LogP contribution in [0.15, 0.2) is 24.6 Å². The zero-order valence-electron chi connectivity index (χ0n) is 11.5. The molecule has 0 aromatic rings. The van der Waals surface area contributed by atoms with Gasteiger partial charge in [0.15, 0.2) is 0 Å². The van der Waals surface area contributed by atoms with Crippen molar-refractivity contribution in [1.29, 1.82) is 0 Å². The number of hydrogen-bond acceptors (Lipinski definition) is 1. The predicted octanol–water partition coefficient (Wildman–Crippen LogP) is 4.64. The van der Waals surface area contributed by atoms with Gasteiger partial charge in [0, 0.05) is 6.61 Å². The van der Waals surface area contributed by atoms with Gasteiger partial charge in [-0.05, 0) is 17.9 Å². The Hall–Kier alpha value is -0.343. The Morgan fingerprint density at radius 3 is 2.06 bits per heavy atom. The van der Waals surface area contributed by atoms with E-state index in [4.69, 9.17) is 4.43 Å². The van der Waals surface area contributed by atoms with Crippen molar-refractivity contribution in [2.45, 2.75) is 52.5 Å². The van der Waals surface area contributed by atoms with Crippen LogP contribution in [-0.4, -0.2) is 14.9 Å². The predicted molar refractivity (Wildman–Crippen MR) is 75.9 cm³/mol. The highest BCUT2D eigenvalue weighted by atomic mass is 28.4. The fourth-order valence-electron chi connectivity index (χ4n) is 1.71. The molecule has 0 rings (SSSR count). The van der Waals surface area contributed by atoms with Gasteiger partial charge in [-0.15, -0.1) is 13.2 Å². The molecule has 0 spiro atoms. The van der Waals surface area contributed by atoms with E-state index in [1.165, 1.54) is 6.42 Å². The summed E-state index contributed by atoms with van der Waals surface area (Å²) < 4.78 is 6.16. The van der Waals surface area contributed by atoms with Gasteiger partial charge in [-0.2, -0.15) is 0 Å². The maximum absolute atomic E-state index is 6.16. The largest absolute Gasteiger partial charge is 0.409 e. The first-order valence-corrected chi connectivity index (χ1v) is 8.61. The van der Waals surface area contributed by atoms with Gasteiger partial charge >= 0.3 is 0 Å². The van der Waals surface area contributed by atoms with Gasteiger partial charge in [0.2, 0.25) is 8.32 Å². The van der Waals surface area contributed by atoms with Crippen LogP contribution >= 0.6 is 0 Å². The maximum atomic E-state index is 6.16. The Bertz CT molecular complexity index is 205. The third-order valence-electron chi connectivity index (χ3n) is 3.68. The van der Waals surface area contributed by atoms with E-state index in [9.17, 15) is 0 Å². The van der Waals surface area contributed by atoms with Crippen molar-refractivity contribution >= 4 is 8.32 Å². The number of rotatable bonds is 9. The summed E-state index contributed by atoms with van der Waals surface area (Å²) in [5.41, 5.74) is 4.63. The molecule has 0 fully saturated rings. The molecule has 2 atom stereocenters. The van der Waals surface area contributed by atoms with Gasteiger partial charge in [0.1, 0.15) is 0 Å². The Balaban J connectivity index is 4.33. The third kappa shape index (κ3) is 4.26. The topological polar surface area (TPSA) is 9.23 Å². The smallest absolute Gasteiger partial charge is 0.243 e. The molecule has 0 heterocycles. The van der Waals surface area contributed by atoms with Crippen LogP contribution in [0.3, 0.4) is 0 Å². The second kappa shape index (κ2) is 7.85. The highest BCUT2D eigenvalue weighted by Gasteiger charge is 2.33. The van der Waals surface area contributed by atoms with Crippen molar-refractivity contribution in [2.24, 2.45) is 5.92 Å². The van der Waals surface area contributed by atoms with Crippen LogP contribution < -0.4 is 0 Å². The molecule has 2 unspecified atom stereocenters. The Morgan fingerprint density at radius 1 is 1.12 bits per heavy atom. The Morgan fingerprint density at radius 2 is 1.69 bits per heavy atom.